The van der Waals surface area contributed by atoms with Crippen LogP contribution in [-0.4, -0.2) is 52.9 Å². The molecule has 1 aliphatic rings. The fraction of sp³-hybridized carbons (Fsp3) is 0.409. The van der Waals surface area contributed by atoms with Crippen LogP contribution in [0.5, 0.6) is 0 Å². The first kappa shape index (κ1) is 23.4. The Balaban J connectivity index is 1.68. The van der Waals surface area contributed by atoms with Crippen molar-refractivity contribution in [3.8, 4) is 0 Å². The second-order valence-electron chi connectivity index (χ2n) is 7.44. The highest BCUT2D eigenvalue weighted by molar-refractivity contribution is 7.92. The summed E-state index contributed by atoms with van der Waals surface area (Å²) in [6.45, 7) is 5.27. The van der Waals surface area contributed by atoms with E-state index in [0.717, 1.165) is 48.1 Å². The summed E-state index contributed by atoms with van der Waals surface area (Å²) >= 11 is 5.93. The van der Waals surface area contributed by atoms with Crippen molar-refractivity contribution in [1.29, 1.82) is 0 Å². The Labute approximate surface area is 189 Å². The van der Waals surface area contributed by atoms with Crippen molar-refractivity contribution in [2.45, 2.75) is 25.9 Å². The van der Waals surface area contributed by atoms with Gasteiger partial charge in [0.2, 0.25) is 15.9 Å². The first-order valence-corrected chi connectivity index (χ1v) is 12.5. The number of carbonyl (C=O) groups excluding carboxylic acids is 1. The number of sulfonamides is 1. The van der Waals surface area contributed by atoms with Crippen molar-refractivity contribution in [1.82, 2.24) is 5.32 Å². The molecular formula is C22H28ClN3O4S. The van der Waals surface area contributed by atoms with Crippen LogP contribution >= 0.6 is 11.6 Å². The molecule has 31 heavy (non-hydrogen) atoms. The molecule has 0 aromatic heterocycles. The largest absolute Gasteiger partial charge is 0.378 e. The van der Waals surface area contributed by atoms with Gasteiger partial charge in [0.15, 0.2) is 0 Å². The molecule has 1 N–H and O–H groups in total. The summed E-state index contributed by atoms with van der Waals surface area (Å²) in [7, 11) is -3.67. The minimum absolute atomic E-state index is 0.316. The van der Waals surface area contributed by atoms with E-state index in [2.05, 4.69) is 10.2 Å². The van der Waals surface area contributed by atoms with Crippen molar-refractivity contribution in [3.05, 3.63) is 59.1 Å². The van der Waals surface area contributed by atoms with Gasteiger partial charge in [-0.2, -0.15) is 0 Å². The van der Waals surface area contributed by atoms with Gasteiger partial charge in [0.05, 0.1) is 25.2 Å². The second kappa shape index (κ2) is 10.3. The molecule has 1 unspecified atom stereocenters. The van der Waals surface area contributed by atoms with Crippen molar-refractivity contribution < 1.29 is 17.9 Å². The molecule has 1 atom stereocenters. The van der Waals surface area contributed by atoms with Crippen LogP contribution in [0.3, 0.4) is 0 Å². The molecule has 7 nitrogen and oxygen atoms in total. The molecule has 1 amide bonds. The lowest BCUT2D eigenvalue weighted by atomic mass is 10.1. The van der Waals surface area contributed by atoms with Gasteiger partial charge in [-0.3, -0.25) is 9.10 Å². The molecule has 1 fully saturated rings. The van der Waals surface area contributed by atoms with Gasteiger partial charge in [0.1, 0.15) is 6.04 Å². The van der Waals surface area contributed by atoms with E-state index in [1.54, 1.807) is 31.2 Å². The van der Waals surface area contributed by atoms with Crippen LogP contribution in [0.4, 0.5) is 11.4 Å². The van der Waals surface area contributed by atoms with Crippen molar-refractivity contribution >= 4 is 38.9 Å². The van der Waals surface area contributed by atoms with E-state index < -0.39 is 16.1 Å². The molecule has 2 aromatic rings. The standard InChI is InChI=1S/C22H28ClN3O4S/c1-3-21(26(31(2,28)29)20-10-6-18(23)7-11-20)22(27)24-16-17-4-8-19(9-5-17)25-12-14-30-15-13-25/h4-11,21H,3,12-16H2,1-2H3,(H,24,27). The molecule has 0 radical (unpaired) electrons. The molecule has 0 spiro atoms. The van der Waals surface area contributed by atoms with Crippen LogP contribution in [0.25, 0.3) is 0 Å². The third-order valence-corrected chi connectivity index (χ3v) is 6.62. The summed E-state index contributed by atoms with van der Waals surface area (Å²) < 4.78 is 31.5. The molecule has 0 saturated carbocycles. The average molecular weight is 466 g/mol. The zero-order valence-corrected chi connectivity index (χ0v) is 19.3. The van der Waals surface area contributed by atoms with Crippen LogP contribution in [0.1, 0.15) is 18.9 Å². The summed E-state index contributed by atoms with van der Waals surface area (Å²) in [6.07, 6.45) is 1.43. The molecule has 168 valence electrons. The van der Waals surface area contributed by atoms with Gasteiger partial charge in [0.25, 0.3) is 0 Å². The molecule has 1 saturated heterocycles. The molecule has 3 rings (SSSR count). The fourth-order valence-corrected chi connectivity index (χ4v) is 4.94. The fourth-order valence-electron chi connectivity index (χ4n) is 3.60. The summed E-state index contributed by atoms with van der Waals surface area (Å²) in [5.74, 6) is -0.347. The van der Waals surface area contributed by atoms with Crippen LogP contribution in [-0.2, 0) is 26.1 Å². The van der Waals surface area contributed by atoms with Crippen molar-refractivity contribution in [2.75, 3.05) is 41.8 Å². The zero-order chi connectivity index (χ0) is 22.4. The Morgan fingerprint density at radius 1 is 1.13 bits per heavy atom. The number of nitrogens with zero attached hydrogens (tertiary/aromatic N) is 2. The number of rotatable bonds is 8. The Kier molecular flexibility index (Phi) is 7.80. The summed E-state index contributed by atoms with van der Waals surface area (Å²) in [5, 5.41) is 3.37. The third kappa shape index (κ3) is 6.12. The van der Waals surface area contributed by atoms with E-state index in [1.807, 2.05) is 24.3 Å². The molecule has 9 heteroatoms. The second-order valence-corrected chi connectivity index (χ2v) is 9.74. The van der Waals surface area contributed by atoms with Crippen molar-refractivity contribution in [2.24, 2.45) is 0 Å². The maximum absolute atomic E-state index is 12.9. The number of benzene rings is 2. The summed E-state index contributed by atoms with van der Waals surface area (Å²) in [4.78, 5) is 15.2. The normalized spacial score (nSPS) is 15.4. The predicted octanol–water partition coefficient (Wildman–Crippen LogP) is 3.04. The van der Waals surface area contributed by atoms with Gasteiger partial charge in [0, 0.05) is 30.3 Å². The quantitative estimate of drug-likeness (QED) is 0.648. The minimum atomic E-state index is -3.67. The SMILES string of the molecule is CCC(C(=O)NCc1ccc(N2CCOCC2)cc1)N(c1ccc(Cl)cc1)S(C)(=O)=O. The number of amides is 1. The highest BCUT2D eigenvalue weighted by Gasteiger charge is 2.31. The molecule has 0 aliphatic carbocycles. The van der Waals surface area contributed by atoms with Gasteiger partial charge in [-0.25, -0.2) is 8.42 Å². The van der Waals surface area contributed by atoms with E-state index in [0.29, 0.717) is 23.7 Å². The summed E-state index contributed by atoms with van der Waals surface area (Å²) in [6, 6.07) is 13.6. The topological polar surface area (TPSA) is 79.0 Å². The first-order valence-electron chi connectivity index (χ1n) is 10.2. The Morgan fingerprint density at radius 3 is 2.29 bits per heavy atom. The maximum atomic E-state index is 12.9. The lowest BCUT2D eigenvalue weighted by Gasteiger charge is -2.30. The summed E-state index contributed by atoms with van der Waals surface area (Å²) in [5.41, 5.74) is 2.47. The van der Waals surface area contributed by atoms with E-state index in [1.165, 1.54) is 0 Å². The van der Waals surface area contributed by atoms with Crippen LogP contribution in [0.2, 0.25) is 5.02 Å². The third-order valence-electron chi connectivity index (χ3n) is 5.19. The van der Waals surface area contributed by atoms with Crippen LogP contribution < -0.4 is 14.5 Å². The number of hydrogen-bond acceptors (Lipinski definition) is 5. The number of hydrogen-bond donors (Lipinski definition) is 1. The lowest BCUT2D eigenvalue weighted by Crippen LogP contribution is -2.49. The highest BCUT2D eigenvalue weighted by atomic mass is 35.5. The van der Waals surface area contributed by atoms with Crippen LogP contribution in [0, 0.1) is 0 Å². The van der Waals surface area contributed by atoms with E-state index in [9.17, 15) is 13.2 Å². The number of halogens is 1. The first-order chi connectivity index (χ1) is 14.8. The molecule has 2 aromatic carbocycles. The van der Waals surface area contributed by atoms with Gasteiger partial charge in [-0.05, 0) is 48.4 Å². The Morgan fingerprint density at radius 2 is 1.74 bits per heavy atom. The number of nitrogens with one attached hydrogen (secondary N) is 1. The monoisotopic (exact) mass is 465 g/mol. The van der Waals surface area contributed by atoms with Gasteiger partial charge in [-0.15, -0.1) is 0 Å². The number of morpholine rings is 1. The Bertz CT molecular complexity index is 975. The maximum Gasteiger partial charge on any atom is 0.244 e. The minimum Gasteiger partial charge on any atom is -0.378 e. The number of ether oxygens (including phenoxy) is 1. The predicted molar refractivity (Wildman–Crippen MR) is 124 cm³/mol. The smallest absolute Gasteiger partial charge is 0.244 e. The molecule has 1 aliphatic heterocycles. The molecule has 1 heterocycles. The highest BCUT2D eigenvalue weighted by Crippen LogP contribution is 2.24. The van der Waals surface area contributed by atoms with E-state index in [4.69, 9.17) is 16.3 Å². The molecular weight excluding hydrogens is 438 g/mol. The van der Waals surface area contributed by atoms with Gasteiger partial charge >= 0.3 is 0 Å². The van der Waals surface area contributed by atoms with E-state index in [-0.39, 0.29) is 5.91 Å². The number of anilines is 2. The van der Waals surface area contributed by atoms with Crippen LogP contribution in [0.15, 0.2) is 48.5 Å². The van der Waals surface area contributed by atoms with Crippen molar-refractivity contribution in [3.63, 3.8) is 0 Å². The van der Waals surface area contributed by atoms with E-state index >= 15 is 0 Å². The van der Waals surface area contributed by atoms with Gasteiger partial charge in [-0.1, -0.05) is 30.7 Å². The Hall–Kier alpha value is -2.29. The lowest BCUT2D eigenvalue weighted by molar-refractivity contribution is -0.122. The average Bonchev–Trinajstić information content (AvgIpc) is 2.77. The number of carbonyl (C=O) groups is 1. The molecule has 0 bridgehead atoms. The zero-order valence-electron chi connectivity index (χ0n) is 17.8. The van der Waals surface area contributed by atoms with Gasteiger partial charge < -0.3 is 15.0 Å².